The van der Waals surface area contributed by atoms with E-state index in [1.54, 1.807) is 4.68 Å². The minimum atomic E-state index is -0.131. The van der Waals surface area contributed by atoms with Crippen LogP contribution in [0.2, 0.25) is 5.02 Å². The lowest BCUT2D eigenvalue weighted by atomic mass is 10.3. The normalized spacial score (nSPS) is 11.0. The highest BCUT2D eigenvalue weighted by Gasteiger charge is 2.16. The fourth-order valence-electron chi connectivity index (χ4n) is 1.19. The molecular formula is C10H15ClN2O2. The SMILES string of the molecule is CCn1ncc(Cl)c1C(=O)COC(C)C. The van der Waals surface area contributed by atoms with Crippen LogP contribution in [0.25, 0.3) is 0 Å². The van der Waals surface area contributed by atoms with Crippen LogP contribution in [0, 0.1) is 0 Å². The minimum Gasteiger partial charge on any atom is -0.371 e. The van der Waals surface area contributed by atoms with E-state index in [1.807, 2.05) is 20.8 Å². The maximum Gasteiger partial charge on any atom is 0.207 e. The van der Waals surface area contributed by atoms with Crippen LogP contribution in [0.3, 0.4) is 0 Å². The number of hydrogen-bond donors (Lipinski definition) is 0. The predicted molar refractivity (Wildman–Crippen MR) is 58.3 cm³/mol. The van der Waals surface area contributed by atoms with Gasteiger partial charge >= 0.3 is 0 Å². The van der Waals surface area contributed by atoms with Gasteiger partial charge in [0.05, 0.1) is 17.3 Å². The molecule has 4 nitrogen and oxygen atoms in total. The van der Waals surface area contributed by atoms with Crippen LogP contribution >= 0.6 is 11.6 Å². The lowest BCUT2D eigenvalue weighted by Crippen LogP contribution is -2.17. The Balaban J connectivity index is 2.76. The molecule has 0 saturated carbocycles. The maximum absolute atomic E-state index is 11.7. The molecule has 0 unspecified atom stereocenters. The van der Waals surface area contributed by atoms with E-state index in [0.717, 1.165) is 0 Å². The molecule has 0 bridgehead atoms. The topological polar surface area (TPSA) is 44.1 Å². The van der Waals surface area contributed by atoms with Gasteiger partial charge in [-0.1, -0.05) is 11.6 Å². The number of aromatic nitrogens is 2. The number of Topliss-reactive ketones (excluding diaryl/α,β-unsaturated/α-hetero) is 1. The third-order valence-corrected chi connectivity index (χ3v) is 2.18. The summed E-state index contributed by atoms with van der Waals surface area (Å²) in [5, 5.41) is 4.37. The van der Waals surface area contributed by atoms with Crippen LogP contribution in [0.4, 0.5) is 0 Å². The standard InChI is InChI=1S/C10H15ClN2O2/c1-4-13-10(8(11)5-12-13)9(14)6-15-7(2)3/h5,7H,4,6H2,1-3H3. The summed E-state index contributed by atoms with van der Waals surface area (Å²) in [6, 6.07) is 0. The maximum atomic E-state index is 11.7. The number of aryl methyl sites for hydroxylation is 1. The van der Waals surface area contributed by atoms with Gasteiger partial charge in [0.25, 0.3) is 0 Å². The van der Waals surface area contributed by atoms with Crippen molar-refractivity contribution < 1.29 is 9.53 Å². The Morgan fingerprint density at radius 2 is 2.33 bits per heavy atom. The van der Waals surface area contributed by atoms with E-state index in [9.17, 15) is 4.79 Å². The first-order valence-corrected chi connectivity index (χ1v) is 5.30. The third-order valence-electron chi connectivity index (χ3n) is 1.91. The summed E-state index contributed by atoms with van der Waals surface area (Å²) < 4.78 is 6.81. The predicted octanol–water partition coefficient (Wildman–Crippen LogP) is 2.16. The second kappa shape index (κ2) is 5.28. The third kappa shape index (κ3) is 3.04. The summed E-state index contributed by atoms with van der Waals surface area (Å²) in [6.45, 7) is 6.33. The molecule has 0 amide bonds. The molecule has 0 aliphatic heterocycles. The molecule has 5 heteroatoms. The largest absolute Gasteiger partial charge is 0.371 e. The quantitative estimate of drug-likeness (QED) is 0.729. The average Bonchev–Trinajstić information content (AvgIpc) is 2.56. The van der Waals surface area contributed by atoms with Crippen molar-refractivity contribution in [1.29, 1.82) is 0 Å². The van der Waals surface area contributed by atoms with Gasteiger partial charge in [0.2, 0.25) is 5.78 Å². The van der Waals surface area contributed by atoms with Crippen molar-refractivity contribution in [3.05, 3.63) is 16.9 Å². The van der Waals surface area contributed by atoms with Gasteiger partial charge in [0.1, 0.15) is 12.3 Å². The van der Waals surface area contributed by atoms with Crippen molar-refractivity contribution in [3.8, 4) is 0 Å². The first kappa shape index (κ1) is 12.2. The van der Waals surface area contributed by atoms with Crippen molar-refractivity contribution in [2.75, 3.05) is 6.61 Å². The number of hydrogen-bond acceptors (Lipinski definition) is 3. The van der Waals surface area contributed by atoms with Crippen LogP contribution in [0.1, 0.15) is 31.3 Å². The summed E-state index contributed by atoms with van der Waals surface area (Å²) in [4.78, 5) is 11.7. The van der Waals surface area contributed by atoms with Crippen LogP contribution in [-0.4, -0.2) is 28.3 Å². The molecule has 0 aliphatic rings. The Labute approximate surface area is 94.2 Å². The Morgan fingerprint density at radius 1 is 1.67 bits per heavy atom. The number of nitrogens with zero attached hydrogens (tertiary/aromatic N) is 2. The molecule has 1 aromatic rings. The Kier molecular flexibility index (Phi) is 4.29. The summed E-state index contributed by atoms with van der Waals surface area (Å²) in [6.07, 6.45) is 1.51. The van der Waals surface area contributed by atoms with E-state index in [0.29, 0.717) is 17.3 Å². The van der Waals surface area contributed by atoms with E-state index >= 15 is 0 Å². The molecule has 0 radical (unpaired) electrons. The summed E-state index contributed by atoms with van der Waals surface area (Å²) in [5.41, 5.74) is 0.430. The van der Waals surface area contributed by atoms with E-state index in [1.165, 1.54) is 6.20 Å². The van der Waals surface area contributed by atoms with E-state index in [-0.39, 0.29) is 18.5 Å². The van der Waals surface area contributed by atoms with Crippen molar-refractivity contribution in [1.82, 2.24) is 9.78 Å². The summed E-state index contributed by atoms with van der Waals surface area (Å²) in [7, 11) is 0. The number of rotatable bonds is 5. The molecule has 1 aromatic heterocycles. The number of carbonyl (C=O) groups excluding carboxylic acids is 1. The Hall–Kier alpha value is -0.870. The Morgan fingerprint density at radius 3 is 2.87 bits per heavy atom. The molecule has 84 valence electrons. The number of carbonyl (C=O) groups is 1. The molecule has 0 atom stereocenters. The molecule has 1 heterocycles. The number of ketones is 1. The zero-order chi connectivity index (χ0) is 11.4. The number of ether oxygens (including phenoxy) is 1. The van der Waals surface area contributed by atoms with E-state index < -0.39 is 0 Å². The summed E-state index contributed by atoms with van der Waals surface area (Å²) >= 11 is 5.87. The lowest BCUT2D eigenvalue weighted by Gasteiger charge is -2.07. The van der Waals surface area contributed by atoms with Crippen LogP contribution in [-0.2, 0) is 11.3 Å². The molecular weight excluding hydrogens is 216 g/mol. The fraction of sp³-hybridized carbons (Fsp3) is 0.600. The monoisotopic (exact) mass is 230 g/mol. The Bertz CT molecular complexity index is 347. The number of halogens is 1. The van der Waals surface area contributed by atoms with Gasteiger partial charge in [-0.25, -0.2) is 0 Å². The highest BCUT2D eigenvalue weighted by Crippen LogP contribution is 2.15. The molecule has 0 aromatic carbocycles. The van der Waals surface area contributed by atoms with Gasteiger partial charge < -0.3 is 4.74 Å². The molecule has 0 aliphatic carbocycles. The first-order valence-electron chi connectivity index (χ1n) is 4.92. The smallest absolute Gasteiger partial charge is 0.207 e. The lowest BCUT2D eigenvalue weighted by molar-refractivity contribution is 0.0576. The molecule has 15 heavy (non-hydrogen) atoms. The van der Waals surface area contributed by atoms with Crippen molar-refractivity contribution >= 4 is 17.4 Å². The molecule has 0 spiro atoms. The van der Waals surface area contributed by atoms with Gasteiger partial charge in [-0.2, -0.15) is 5.10 Å². The molecule has 0 saturated heterocycles. The molecule has 1 rings (SSSR count). The van der Waals surface area contributed by atoms with Gasteiger partial charge in [-0.05, 0) is 20.8 Å². The van der Waals surface area contributed by atoms with Crippen molar-refractivity contribution in [3.63, 3.8) is 0 Å². The van der Waals surface area contributed by atoms with E-state index in [4.69, 9.17) is 16.3 Å². The van der Waals surface area contributed by atoms with E-state index in [2.05, 4.69) is 5.10 Å². The van der Waals surface area contributed by atoms with Gasteiger partial charge in [0.15, 0.2) is 0 Å². The van der Waals surface area contributed by atoms with Crippen molar-refractivity contribution in [2.45, 2.75) is 33.4 Å². The average molecular weight is 231 g/mol. The molecule has 0 fully saturated rings. The molecule has 0 N–H and O–H groups in total. The summed E-state index contributed by atoms with van der Waals surface area (Å²) in [5.74, 6) is -0.131. The van der Waals surface area contributed by atoms with Crippen LogP contribution in [0.15, 0.2) is 6.20 Å². The zero-order valence-corrected chi connectivity index (χ0v) is 9.91. The van der Waals surface area contributed by atoms with Crippen molar-refractivity contribution in [2.24, 2.45) is 0 Å². The van der Waals surface area contributed by atoms with Gasteiger partial charge in [-0.15, -0.1) is 0 Å². The van der Waals surface area contributed by atoms with Gasteiger partial charge in [-0.3, -0.25) is 9.48 Å². The fourth-order valence-corrected chi connectivity index (χ4v) is 1.44. The van der Waals surface area contributed by atoms with Gasteiger partial charge in [0, 0.05) is 6.54 Å². The highest BCUT2D eigenvalue weighted by molar-refractivity contribution is 6.33. The zero-order valence-electron chi connectivity index (χ0n) is 9.16. The van der Waals surface area contributed by atoms with Crippen LogP contribution < -0.4 is 0 Å². The second-order valence-electron chi connectivity index (χ2n) is 3.44. The minimum absolute atomic E-state index is 0.0331. The van der Waals surface area contributed by atoms with Crippen LogP contribution in [0.5, 0.6) is 0 Å². The second-order valence-corrected chi connectivity index (χ2v) is 3.85. The highest BCUT2D eigenvalue weighted by atomic mass is 35.5. The first-order chi connectivity index (χ1) is 7.06.